The zero-order valence-corrected chi connectivity index (χ0v) is 15.2. The van der Waals surface area contributed by atoms with E-state index in [4.69, 9.17) is 4.74 Å². The summed E-state index contributed by atoms with van der Waals surface area (Å²) in [5, 5.41) is 2.74. The topological polar surface area (TPSA) is 75.7 Å². The Morgan fingerprint density at radius 2 is 2.00 bits per heavy atom. The fraction of sp³-hybridized carbons (Fsp3) is 0.562. The van der Waals surface area contributed by atoms with Crippen LogP contribution in [0.3, 0.4) is 0 Å². The molecule has 1 amide bonds. The Bertz CT molecular complexity index is 641. The third-order valence-electron chi connectivity index (χ3n) is 3.38. The number of likely N-dealkylation sites (N-methyl/N-ethyl adjacent to an activating group) is 1. The minimum absolute atomic E-state index is 0.161. The molecule has 7 heteroatoms. The molecule has 0 bridgehead atoms. The van der Waals surface area contributed by atoms with E-state index in [1.807, 2.05) is 13.8 Å². The summed E-state index contributed by atoms with van der Waals surface area (Å²) in [7, 11) is -2.18. The predicted molar refractivity (Wildman–Crippen MR) is 90.0 cm³/mol. The number of hydrogen-bond donors (Lipinski definition) is 1. The van der Waals surface area contributed by atoms with Gasteiger partial charge in [0.1, 0.15) is 5.75 Å². The minimum Gasteiger partial charge on any atom is -0.496 e. The Labute approximate surface area is 138 Å². The lowest BCUT2D eigenvalue weighted by Crippen LogP contribution is -2.41. The molecular weight excluding hydrogens is 316 g/mol. The van der Waals surface area contributed by atoms with Crippen molar-refractivity contribution in [1.29, 1.82) is 0 Å². The molecule has 1 N–H and O–H groups in total. The van der Waals surface area contributed by atoms with Crippen LogP contribution in [0.15, 0.2) is 23.1 Å². The summed E-state index contributed by atoms with van der Waals surface area (Å²) in [5.41, 5.74) is 0.730. The summed E-state index contributed by atoms with van der Waals surface area (Å²) in [5.74, 6) is 0.644. The summed E-state index contributed by atoms with van der Waals surface area (Å²) in [6.07, 6.45) is 0. The van der Waals surface area contributed by atoms with E-state index in [1.54, 1.807) is 26.0 Å². The van der Waals surface area contributed by atoms with Gasteiger partial charge in [0.05, 0.1) is 18.6 Å². The maximum absolute atomic E-state index is 12.7. The molecule has 0 aliphatic heterocycles. The molecule has 0 aromatic heterocycles. The Morgan fingerprint density at radius 1 is 1.35 bits per heavy atom. The van der Waals surface area contributed by atoms with Crippen molar-refractivity contribution in [2.24, 2.45) is 5.92 Å². The second-order valence-corrected chi connectivity index (χ2v) is 7.70. The molecule has 0 saturated carbocycles. The first-order valence-electron chi connectivity index (χ1n) is 7.63. The average molecular weight is 342 g/mol. The zero-order valence-electron chi connectivity index (χ0n) is 14.4. The van der Waals surface area contributed by atoms with Crippen LogP contribution in [0.4, 0.5) is 0 Å². The monoisotopic (exact) mass is 342 g/mol. The highest BCUT2D eigenvalue weighted by Crippen LogP contribution is 2.23. The molecule has 0 fully saturated rings. The van der Waals surface area contributed by atoms with Crippen molar-refractivity contribution in [3.8, 4) is 5.75 Å². The van der Waals surface area contributed by atoms with Gasteiger partial charge in [-0.3, -0.25) is 4.79 Å². The van der Waals surface area contributed by atoms with Crippen LogP contribution in [-0.2, 0) is 14.8 Å². The summed E-state index contributed by atoms with van der Waals surface area (Å²) >= 11 is 0. The number of methoxy groups -OCH3 is 1. The van der Waals surface area contributed by atoms with Gasteiger partial charge in [-0.2, -0.15) is 4.31 Å². The molecule has 0 aliphatic rings. The second-order valence-electron chi connectivity index (χ2n) is 5.76. The fourth-order valence-electron chi connectivity index (χ4n) is 2.06. The van der Waals surface area contributed by atoms with Gasteiger partial charge in [-0.15, -0.1) is 0 Å². The number of nitrogens with zero attached hydrogens (tertiary/aromatic N) is 1. The molecule has 0 heterocycles. The van der Waals surface area contributed by atoms with Crippen molar-refractivity contribution in [3.05, 3.63) is 23.8 Å². The van der Waals surface area contributed by atoms with Gasteiger partial charge >= 0.3 is 0 Å². The summed E-state index contributed by atoms with van der Waals surface area (Å²) in [6.45, 7) is 8.02. The van der Waals surface area contributed by atoms with Gasteiger partial charge in [-0.05, 0) is 36.6 Å². The largest absolute Gasteiger partial charge is 0.496 e. The molecule has 0 atom stereocenters. The van der Waals surface area contributed by atoms with Crippen LogP contribution < -0.4 is 10.1 Å². The standard InChI is InChI=1S/C16H26N2O4S/c1-6-18(11-16(19)17-10-12(2)3)23(20,21)14-7-8-15(22-5)13(4)9-14/h7-9,12H,6,10-11H2,1-5H3,(H,17,19). The Balaban J connectivity index is 2.95. The first-order valence-corrected chi connectivity index (χ1v) is 9.07. The number of benzene rings is 1. The molecule has 1 aromatic carbocycles. The average Bonchev–Trinajstić information content (AvgIpc) is 2.50. The molecule has 1 rings (SSSR count). The molecule has 0 saturated heterocycles. The highest BCUT2D eigenvalue weighted by atomic mass is 32.2. The summed E-state index contributed by atoms with van der Waals surface area (Å²) < 4.78 is 31.7. The van der Waals surface area contributed by atoms with Crippen molar-refractivity contribution in [1.82, 2.24) is 9.62 Å². The van der Waals surface area contributed by atoms with Crippen LogP contribution in [0.1, 0.15) is 26.3 Å². The molecule has 0 radical (unpaired) electrons. The SMILES string of the molecule is CCN(CC(=O)NCC(C)C)S(=O)(=O)c1ccc(OC)c(C)c1. The van der Waals surface area contributed by atoms with Gasteiger partial charge in [-0.1, -0.05) is 20.8 Å². The van der Waals surface area contributed by atoms with Gasteiger partial charge in [0.2, 0.25) is 15.9 Å². The van der Waals surface area contributed by atoms with Crippen molar-refractivity contribution in [2.45, 2.75) is 32.6 Å². The van der Waals surface area contributed by atoms with E-state index in [0.717, 1.165) is 5.56 Å². The Kier molecular flexibility index (Phi) is 7.02. The lowest BCUT2D eigenvalue weighted by molar-refractivity contribution is -0.121. The van der Waals surface area contributed by atoms with E-state index < -0.39 is 10.0 Å². The van der Waals surface area contributed by atoms with E-state index >= 15 is 0 Å². The number of amides is 1. The van der Waals surface area contributed by atoms with Gasteiger partial charge in [0.25, 0.3) is 0 Å². The van der Waals surface area contributed by atoms with E-state index in [2.05, 4.69) is 5.32 Å². The predicted octanol–water partition coefficient (Wildman–Crippen LogP) is 1.79. The lowest BCUT2D eigenvalue weighted by Gasteiger charge is -2.21. The van der Waals surface area contributed by atoms with Crippen molar-refractivity contribution >= 4 is 15.9 Å². The van der Waals surface area contributed by atoms with Gasteiger partial charge < -0.3 is 10.1 Å². The molecule has 1 aromatic rings. The van der Waals surface area contributed by atoms with Crippen LogP contribution in [0.25, 0.3) is 0 Å². The summed E-state index contributed by atoms with van der Waals surface area (Å²) in [4.78, 5) is 12.1. The zero-order chi connectivity index (χ0) is 17.6. The molecule has 130 valence electrons. The number of rotatable bonds is 8. The highest BCUT2D eigenvalue weighted by molar-refractivity contribution is 7.89. The van der Waals surface area contributed by atoms with E-state index in [9.17, 15) is 13.2 Å². The van der Waals surface area contributed by atoms with Crippen LogP contribution in [0.2, 0.25) is 0 Å². The number of sulfonamides is 1. The highest BCUT2D eigenvalue weighted by Gasteiger charge is 2.25. The van der Waals surface area contributed by atoms with Crippen molar-refractivity contribution < 1.29 is 17.9 Å². The van der Waals surface area contributed by atoms with Gasteiger partial charge in [-0.25, -0.2) is 8.42 Å². The molecule has 0 spiro atoms. The molecular formula is C16H26N2O4S. The van der Waals surface area contributed by atoms with Crippen LogP contribution in [-0.4, -0.2) is 45.4 Å². The minimum atomic E-state index is -3.72. The van der Waals surface area contributed by atoms with E-state index in [1.165, 1.54) is 17.5 Å². The van der Waals surface area contributed by atoms with Crippen molar-refractivity contribution in [3.63, 3.8) is 0 Å². The number of hydrogen-bond acceptors (Lipinski definition) is 4. The van der Waals surface area contributed by atoms with Gasteiger partial charge in [0.15, 0.2) is 0 Å². The molecule has 0 aliphatic carbocycles. The number of carbonyl (C=O) groups is 1. The molecule has 0 unspecified atom stereocenters. The fourth-order valence-corrected chi connectivity index (χ4v) is 3.55. The quantitative estimate of drug-likeness (QED) is 0.781. The Morgan fingerprint density at radius 3 is 2.48 bits per heavy atom. The molecule has 23 heavy (non-hydrogen) atoms. The Hall–Kier alpha value is -1.60. The second kappa shape index (κ2) is 8.31. The van der Waals surface area contributed by atoms with E-state index in [0.29, 0.717) is 18.2 Å². The third-order valence-corrected chi connectivity index (χ3v) is 5.30. The smallest absolute Gasteiger partial charge is 0.243 e. The maximum Gasteiger partial charge on any atom is 0.243 e. The van der Waals surface area contributed by atoms with Crippen LogP contribution >= 0.6 is 0 Å². The number of ether oxygens (including phenoxy) is 1. The first kappa shape index (κ1) is 19.4. The number of nitrogens with one attached hydrogen (secondary N) is 1. The third kappa shape index (κ3) is 5.21. The normalized spacial score (nSPS) is 11.8. The van der Waals surface area contributed by atoms with Crippen LogP contribution in [0, 0.1) is 12.8 Å². The summed E-state index contributed by atoms with van der Waals surface area (Å²) in [6, 6.07) is 4.67. The number of aryl methyl sites for hydroxylation is 1. The first-order chi connectivity index (χ1) is 10.7. The maximum atomic E-state index is 12.7. The van der Waals surface area contributed by atoms with Gasteiger partial charge in [0, 0.05) is 13.1 Å². The van der Waals surface area contributed by atoms with Crippen LogP contribution in [0.5, 0.6) is 5.75 Å². The van der Waals surface area contributed by atoms with E-state index in [-0.39, 0.29) is 23.9 Å². The van der Waals surface area contributed by atoms with Crippen molar-refractivity contribution in [2.75, 3.05) is 26.7 Å². The molecule has 6 nitrogen and oxygen atoms in total. The lowest BCUT2D eigenvalue weighted by atomic mass is 10.2. The number of carbonyl (C=O) groups excluding carboxylic acids is 1.